The molecule has 2 rings (SSSR count). The Morgan fingerprint density at radius 2 is 1.95 bits per heavy atom. The van der Waals surface area contributed by atoms with Gasteiger partial charge in [-0.25, -0.2) is 0 Å². The highest BCUT2D eigenvalue weighted by Crippen LogP contribution is 2.17. The van der Waals surface area contributed by atoms with Crippen LogP contribution in [0.1, 0.15) is 15.4 Å². The number of nitrogens with one attached hydrogen (secondary N) is 1. The second kappa shape index (κ2) is 6.25. The monoisotopic (exact) mass is 290 g/mol. The summed E-state index contributed by atoms with van der Waals surface area (Å²) >= 11 is 1.32. The van der Waals surface area contributed by atoms with Gasteiger partial charge in [0.25, 0.3) is 5.91 Å². The molecule has 0 bridgehead atoms. The first kappa shape index (κ1) is 14.1. The van der Waals surface area contributed by atoms with Gasteiger partial charge in [-0.1, -0.05) is 29.5 Å². The van der Waals surface area contributed by atoms with E-state index in [2.05, 4.69) is 15.5 Å². The molecule has 0 unspecified atom stereocenters. The summed E-state index contributed by atoms with van der Waals surface area (Å²) < 4.78 is 0. The number of anilines is 1. The van der Waals surface area contributed by atoms with Crippen LogP contribution in [-0.4, -0.2) is 35.6 Å². The molecule has 104 valence electrons. The van der Waals surface area contributed by atoms with Gasteiger partial charge in [-0.2, -0.15) is 0 Å². The average molecular weight is 290 g/mol. The van der Waals surface area contributed by atoms with E-state index >= 15 is 0 Å². The molecular weight excluding hydrogens is 276 g/mol. The molecule has 7 heteroatoms. The van der Waals surface area contributed by atoms with Crippen molar-refractivity contribution in [3.05, 3.63) is 40.9 Å². The summed E-state index contributed by atoms with van der Waals surface area (Å²) in [5.74, 6) is -0.522. The quantitative estimate of drug-likeness (QED) is 0.919. The van der Waals surface area contributed by atoms with Crippen molar-refractivity contribution in [1.29, 1.82) is 0 Å². The van der Waals surface area contributed by atoms with Crippen LogP contribution in [0.3, 0.4) is 0 Å². The molecule has 2 aromatic rings. The topological polar surface area (TPSA) is 75.2 Å². The molecule has 0 spiro atoms. The maximum absolute atomic E-state index is 11.9. The number of carbonyl (C=O) groups is 2. The highest BCUT2D eigenvalue weighted by molar-refractivity contribution is 7.15. The minimum Gasteiger partial charge on any atom is -0.343 e. The van der Waals surface area contributed by atoms with Crippen molar-refractivity contribution in [3.8, 4) is 0 Å². The van der Waals surface area contributed by atoms with Crippen molar-refractivity contribution in [2.24, 2.45) is 0 Å². The molecule has 0 saturated carbocycles. The van der Waals surface area contributed by atoms with E-state index in [0.29, 0.717) is 10.7 Å². The van der Waals surface area contributed by atoms with Gasteiger partial charge in [0.1, 0.15) is 5.01 Å². The lowest BCUT2D eigenvalue weighted by atomic mass is 10.2. The van der Waals surface area contributed by atoms with E-state index in [1.807, 2.05) is 13.0 Å². The standard InChI is InChI=1S/C13H14N4O2S/c1-9-15-16-13(20-9)17(2)11(18)8-14-12(19)10-6-4-3-5-7-10/h3-7H,8H2,1-2H3,(H,14,19). The van der Waals surface area contributed by atoms with Crippen molar-refractivity contribution in [1.82, 2.24) is 15.5 Å². The van der Waals surface area contributed by atoms with Gasteiger partial charge in [0.05, 0.1) is 6.54 Å². The molecule has 6 nitrogen and oxygen atoms in total. The van der Waals surface area contributed by atoms with Crippen LogP contribution in [0.25, 0.3) is 0 Å². The predicted molar refractivity (Wildman–Crippen MR) is 76.8 cm³/mol. The third-order valence-electron chi connectivity index (χ3n) is 2.61. The van der Waals surface area contributed by atoms with Crippen molar-refractivity contribution in [3.63, 3.8) is 0 Å². The Hall–Kier alpha value is -2.28. The molecule has 0 fully saturated rings. The van der Waals surface area contributed by atoms with Crippen molar-refractivity contribution >= 4 is 28.3 Å². The van der Waals surface area contributed by atoms with Crippen LogP contribution < -0.4 is 10.2 Å². The summed E-state index contributed by atoms with van der Waals surface area (Å²) in [7, 11) is 1.61. The molecule has 1 heterocycles. The first-order valence-electron chi connectivity index (χ1n) is 5.98. The van der Waals surface area contributed by atoms with Gasteiger partial charge in [-0.15, -0.1) is 10.2 Å². The van der Waals surface area contributed by atoms with E-state index in [1.54, 1.807) is 31.3 Å². The number of likely N-dealkylation sites (N-methyl/N-ethyl adjacent to an activating group) is 1. The van der Waals surface area contributed by atoms with E-state index in [9.17, 15) is 9.59 Å². The second-order valence-electron chi connectivity index (χ2n) is 4.11. The van der Waals surface area contributed by atoms with Crippen LogP contribution in [0.5, 0.6) is 0 Å². The summed E-state index contributed by atoms with van der Waals surface area (Å²) in [6.45, 7) is 1.74. The minimum atomic E-state index is -0.277. The number of hydrogen-bond donors (Lipinski definition) is 1. The van der Waals surface area contributed by atoms with E-state index in [4.69, 9.17) is 0 Å². The number of nitrogens with zero attached hydrogens (tertiary/aromatic N) is 3. The summed E-state index contributed by atoms with van der Waals surface area (Å²) in [6, 6.07) is 8.75. The summed E-state index contributed by atoms with van der Waals surface area (Å²) in [6.07, 6.45) is 0. The minimum absolute atomic E-state index is 0.0805. The van der Waals surface area contributed by atoms with Gasteiger partial charge in [-0.05, 0) is 19.1 Å². The number of carbonyl (C=O) groups excluding carboxylic acids is 2. The molecule has 0 aliphatic rings. The van der Waals surface area contributed by atoms with Gasteiger partial charge >= 0.3 is 0 Å². The fourth-order valence-electron chi connectivity index (χ4n) is 1.49. The third-order valence-corrected chi connectivity index (χ3v) is 3.53. The zero-order chi connectivity index (χ0) is 14.5. The smallest absolute Gasteiger partial charge is 0.251 e. The molecule has 0 saturated heterocycles. The Balaban J connectivity index is 1.91. The summed E-state index contributed by atoms with van der Waals surface area (Å²) in [5, 5.41) is 11.6. The van der Waals surface area contributed by atoms with Crippen molar-refractivity contribution < 1.29 is 9.59 Å². The first-order valence-corrected chi connectivity index (χ1v) is 6.79. The largest absolute Gasteiger partial charge is 0.343 e. The highest BCUT2D eigenvalue weighted by Gasteiger charge is 2.15. The van der Waals surface area contributed by atoms with Gasteiger partial charge in [0.15, 0.2) is 0 Å². The Morgan fingerprint density at radius 3 is 2.55 bits per heavy atom. The predicted octanol–water partition coefficient (Wildman–Crippen LogP) is 1.24. The maximum atomic E-state index is 11.9. The molecule has 1 aromatic carbocycles. The first-order chi connectivity index (χ1) is 9.58. The number of aryl methyl sites for hydroxylation is 1. The van der Waals surface area contributed by atoms with Crippen LogP contribution >= 0.6 is 11.3 Å². The van der Waals surface area contributed by atoms with Gasteiger partial charge in [0.2, 0.25) is 11.0 Å². The molecule has 0 radical (unpaired) electrons. The average Bonchev–Trinajstić information content (AvgIpc) is 2.91. The lowest BCUT2D eigenvalue weighted by Gasteiger charge is -2.13. The Morgan fingerprint density at radius 1 is 1.25 bits per heavy atom. The lowest BCUT2D eigenvalue weighted by molar-refractivity contribution is -0.117. The zero-order valence-corrected chi connectivity index (χ0v) is 12.0. The summed E-state index contributed by atoms with van der Waals surface area (Å²) in [4.78, 5) is 25.1. The van der Waals surface area contributed by atoms with Gasteiger partial charge in [0, 0.05) is 12.6 Å². The zero-order valence-electron chi connectivity index (χ0n) is 11.2. The maximum Gasteiger partial charge on any atom is 0.251 e. The molecule has 0 atom stereocenters. The second-order valence-corrected chi connectivity index (χ2v) is 5.27. The van der Waals surface area contributed by atoms with Crippen LogP contribution in [0.4, 0.5) is 5.13 Å². The molecule has 0 aliphatic carbocycles. The Bertz CT molecular complexity index is 612. The van der Waals surface area contributed by atoms with Crippen LogP contribution in [0, 0.1) is 6.92 Å². The molecule has 20 heavy (non-hydrogen) atoms. The Kier molecular flexibility index (Phi) is 4.41. The lowest BCUT2D eigenvalue weighted by Crippen LogP contribution is -2.38. The SMILES string of the molecule is Cc1nnc(N(C)C(=O)CNC(=O)c2ccccc2)s1. The van der Waals surface area contributed by atoms with Crippen molar-refractivity contribution in [2.45, 2.75) is 6.92 Å². The van der Waals surface area contributed by atoms with Crippen molar-refractivity contribution in [2.75, 3.05) is 18.5 Å². The number of rotatable bonds is 4. The third kappa shape index (κ3) is 3.39. The number of amides is 2. The van der Waals surface area contributed by atoms with E-state index < -0.39 is 0 Å². The van der Waals surface area contributed by atoms with Gasteiger partial charge in [-0.3, -0.25) is 14.5 Å². The fourth-order valence-corrected chi connectivity index (χ4v) is 2.16. The summed E-state index contributed by atoms with van der Waals surface area (Å²) in [5.41, 5.74) is 0.523. The van der Waals surface area contributed by atoms with Crippen LogP contribution in [-0.2, 0) is 4.79 Å². The molecular formula is C13H14N4O2S. The van der Waals surface area contributed by atoms with E-state index in [1.165, 1.54) is 16.2 Å². The van der Waals surface area contributed by atoms with Crippen LogP contribution in [0.2, 0.25) is 0 Å². The number of benzene rings is 1. The Labute approximate surface area is 120 Å². The van der Waals surface area contributed by atoms with Gasteiger partial charge < -0.3 is 5.32 Å². The molecule has 1 aromatic heterocycles. The number of hydrogen-bond acceptors (Lipinski definition) is 5. The normalized spacial score (nSPS) is 10.1. The molecule has 0 aliphatic heterocycles. The fraction of sp³-hybridized carbons (Fsp3) is 0.231. The number of aromatic nitrogens is 2. The molecule has 2 amide bonds. The van der Waals surface area contributed by atoms with Crippen LogP contribution in [0.15, 0.2) is 30.3 Å². The highest BCUT2D eigenvalue weighted by atomic mass is 32.1. The van der Waals surface area contributed by atoms with E-state index in [-0.39, 0.29) is 18.4 Å². The van der Waals surface area contributed by atoms with E-state index in [0.717, 1.165) is 5.01 Å². The molecule has 1 N–H and O–H groups in total.